The average Bonchev–Trinajstić information content (AvgIpc) is 2.59. The lowest BCUT2D eigenvalue weighted by Gasteiger charge is -2.21. The van der Waals surface area contributed by atoms with Crippen LogP contribution in [-0.2, 0) is 9.84 Å². The smallest absolute Gasteiger partial charge is 0.186 e. The third-order valence-corrected chi connectivity index (χ3v) is 7.66. The van der Waals surface area contributed by atoms with Gasteiger partial charge in [-0.3, -0.25) is 0 Å². The van der Waals surface area contributed by atoms with Crippen LogP contribution in [-0.4, -0.2) is 18.3 Å². The third kappa shape index (κ3) is 2.54. The largest absolute Gasteiger partial charge is 0.456 e. The highest BCUT2D eigenvalue weighted by atomic mass is 79.9. The van der Waals surface area contributed by atoms with Crippen LogP contribution in [0.4, 0.5) is 4.39 Å². The van der Waals surface area contributed by atoms with E-state index in [0.717, 1.165) is 12.1 Å². The van der Waals surface area contributed by atoms with Crippen molar-refractivity contribution in [3.05, 3.63) is 51.2 Å². The zero-order valence-corrected chi connectivity index (χ0v) is 15.8. The predicted molar refractivity (Wildman–Crippen MR) is 91.9 cm³/mol. The second kappa shape index (κ2) is 5.69. The fourth-order valence-corrected chi connectivity index (χ4v) is 5.33. The van der Waals surface area contributed by atoms with Crippen LogP contribution >= 0.6 is 27.5 Å². The van der Waals surface area contributed by atoms with Gasteiger partial charge in [-0.2, -0.15) is 0 Å². The maximum absolute atomic E-state index is 13.4. The first-order valence-electron chi connectivity index (χ1n) is 6.95. The number of aliphatic hydroxyl groups is 1. The minimum Gasteiger partial charge on any atom is -0.456 e. The summed E-state index contributed by atoms with van der Waals surface area (Å²) in [5.41, 5.74) is 0.236. The Labute approximate surface area is 152 Å². The molecule has 2 aromatic carbocycles. The summed E-state index contributed by atoms with van der Waals surface area (Å²) in [5, 5.41) is 10.6. The number of sulfone groups is 1. The molecule has 24 heavy (non-hydrogen) atoms. The molecule has 0 fully saturated rings. The highest BCUT2D eigenvalue weighted by Gasteiger charge is 2.52. The summed E-state index contributed by atoms with van der Waals surface area (Å²) in [6.45, 7) is 2.93. The van der Waals surface area contributed by atoms with Crippen LogP contribution in [0.2, 0.25) is 5.02 Å². The maximum atomic E-state index is 13.4. The average molecular weight is 436 g/mol. The number of fused-ring (bicyclic) bond motifs is 1. The van der Waals surface area contributed by atoms with Gasteiger partial charge in [-0.05, 0) is 54.0 Å². The predicted octanol–water partition coefficient (Wildman–Crippen LogP) is 4.63. The first-order chi connectivity index (χ1) is 11.1. The van der Waals surface area contributed by atoms with Crippen molar-refractivity contribution in [1.82, 2.24) is 0 Å². The van der Waals surface area contributed by atoms with Gasteiger partial charge in [-0.25, -0.2) is 12.8 Å². The molecule has 0 spiro atoms. The van der Waals surface area contributed by atoms with Gasteiger partial charge >= 0.3 is 0 Å². The maximum Gasteiger partial charge on any atom is 0.186 e. The van der Waals surface area contributed by atoms with Gasteiger partial charge in [0, 0.05) is 16.7 Å². The summed E-state index contributed by atoms with van der Waals surface area (Å²) in [4.78, 5) is 0.0523. The Balaban J connectivity index is 2.11. The van der Waals surface area contributed by atoms with Gasteiger partial charge in [-0.1, -0.05) is 11.6 Å². The number of benzene rings is 2. The Morgan fingerprint density at radius 3 is 2.58 bits per heavy atom. The molecule has 0 amide bonds. The molecule has 1 aliphatic rings. The van der Waals surface area contributed by atoms with Crippen LogP contribution in [0.5, 0.6) is 11.5 Å². The second-order valence-corrected chi connectivity index (χ2v) is 9.73. The van der Waals surface area contributed by atoms with E-state index >= 15 is 0 Å². The monoisotopic (exact) mass is 434 g/mol. The number of ether oxygens (including phenoxy) is 1. The second-order valence-electron chi connectivity index (χ2n) is 6.01. The lowest BCUT2D eigenvalue weighted by Crippen LogP contribution is -2.32. The molecule has 0 aromatic heterocycles. The van der Waals surface area contributed by atoms with Crippen LogP contribution < -0.4 is 4.74 Å². The van der Waals surface area contributed by atoms with Crippen molar-refractivity contribution < 1.29 is 22.7 Å². The molecule has 0 saturated heterocycles. The normalized spacial score (nSPS) is 20.7. The van der Waals surface area contributed by atoms with Crippen LogP contribution in [0.15, 0.2) is 39.7 Å². The van der Waals surface area contributed by atoms with E-state index in [1.807, 2.05) is 0 Å². The molecule has 3 rings (SSSR count). The van der Waals surface area contributed by atoms with Crippen LogP contribution in [0.1, 0.15) is 25.5 Å². The van der Waals surface area contributed by atoms with Crippen molar-refractivity contribution in [2.75, 3.05) is 0 Å². The molecule has 1 aliphatic heterocycles. The number of hydrogen-bond acceptors (Lipinski definition) is 4. The Morgan fingerprint density at radius 1 is 1.29 bits per heavy atom. The van der Waals surface area contributed by atoms with Gasteiger partial charge in [0.25, 0.3) is 0 Å². The number of halogens is 3. The molecule has 1 heterocycles. The molecule has 0 aliphatic carbocycles. The van der Waals surface area contributed by atoms with Crippen molar-refractivity contribution in [2.45, 2.75) is 29.6 Å². The first-order valence-corrected chi connectivity index (χ1v) is 9.60. The van der Waals surface area contributed by atoms with Crippen molar-refractivity contribution in [1.29, 1.82) is 0 Å². The molecule has 0 radical (unpaired) electrons. The summed E-state index contributed by atoms with van der Waals surface area (Å²) in [5.74, 6) is -0.142. The lowest BCUT2D eigenvalue weighted by molar-refractivity contribution is 0.143. The minimum absolute atomic E-state index is 0.0523. The number of aliphatic hydroxyl groups excluding tert-OH is 1. The standard InChI is InChI=1S/C16H13BrClFO4S/c1-16(2)15(20)13-12(24(16,21)22)4-3-11(14(13)17)23-10-6-8(18)5-9(19)7-10/h3-7,15,20H,1-2H3. The quantitative estimate of drug-likeness (QED) is 0.747. The summed E-state index contributed by atoms with van der Waals surface area (Å²) < 4.78 is 43.1. The molecule has 1 unspecified atom stereocenters. The molecule has 128 valence electrons. The molecule has 8 heteroatoms. The van der Waals surface area contributed by atoms with E-state index in [0.29, 0.717) is 4.47 Å². The minimum atomic E-state index is -3.68. The molecular weight excluding hydrogens is 423 g/mol. The highest BCUT2D eigenvalue weighted by molar-refractivity contribution is 9.10. The fraction of sp³-hybridized carbons (Fsp3) is 0.250. The van der Waals surface area contributed by atoms with Crippen molar-refractivity contribution in [3.8, 4) is 11.5 Å². The van der Waals surface area contributed by atoms with Gasteiger partial charge < -0.3 is 9.84 Å². The molecule has 0 saturated carbocycles. The summed E-state index contributed by atoms with van der Waals surface area (Å²) in [7, 11) is -3.68. The zero-order valence-electron chi connectivity index (χ0n) is 12.7. The van der Waals surface area contributed by atoms with E-state index in [1.54, 1.807) is 0 Å². The lowest BCUT2D eigenvalue weighted by atomic mass is 9.99. The van der Waals surface area contributed by atoms with E-state index in [1.165, 1.54) is 32.0 Å². The fourth-order valence-electron chi connectivity index (χ4n) is 2.62. The SMILES string of the molecule is CC1(C)C(O)c2c(ccc(Oc3cc(F)cc(Cl)c3)c2Br)S1(=O)=O. The van der Waals surface area contributed by atoms with Gasteiger partial charge in [-0.15, -0.1) is 0 Å². The van der Waals surface area contributed by atoms with Gasteiger partial charge in [0.15, 0.2) is 9.84 Å². The van der Waals surface area contributed by atoms with Gasteiger partial charge in [0.1, 0.15) is 28.2 Å². The van der Waals surface area contributed by atoms with Crippen LogP contribution in [0.3, 0.4) is 0 Å². The third-order valence-electron chi connectivity index (χ3n) is 4.08. The first kappa shape index (κ1) is 17.7. The van der Waals surface area contributed by atoms with Crippen LogP contribution in [0, 0.1) is 5.82 Å². The Bertz CT molecular complexity index is 923. The highest BCUT2D eigenvalue weighted by Crippen LogP contribution is 2.51. The molecule has 4 nitrogen and oxygen atoms in total. The number of hydrogen-bond donors (Lipinski definition) is 1. The molecular formula is C16H13BrClFO4S. The van der Waals surface area contributed by atoms with Crippen LogP contribution in [0.25, 0.3) is 0 Å². The Kier molecular flexibility index (Phi) is 4.19. The van der Waals surface area contributed by atoms with Crippen molar-refractivity contribution in [3.63, 3.8) is 0 Å². The summed E-state index contributed by atoms with van der Waals surface area (Å²) >= 11 is 9.09. The summed E-state index contributed by atoms with van der Waals surface area (Å²) in [6, 6.07) is 6.56. The Hall–Kier alpha value is -1.15. The molecule has 2 aromatic rings. The van der Waals surface area contributed by atoms with E-state index in [-0.39, 0.29) is 27.0 Å². The molecule has 0 bridgehead atoms. The van der Waals surface area contributed by atoms with Crippen molar-refractivity contribution >= 4 is 37.4 Å². The van der Waals surface area contributed by atoms with Crippen molar-refractivity contribution in [2.24, 2.45) is 0 Å². The summed E-state index contributed by atoms with van der Waals surface area (Å²) in [6.07, 6.45) is -1.22. The van der Waals surface area contributed by atoms with E-state index < -0.39 is 26.5 Å². The van der Waals surface area contributed by atoms with Gasteiger partial charge in [0.05, 0.1) is 9.37 Å². The molecule has 1 atom stereocenters. The zero-order chi connectivity index (χ0) is 17.9. The van der Waals surface area contributed by atoms with Gasteiger partial charge in [0.2, 0.25) is 0 Å². The molecule has 1 N–H and O–H groups in total. The van der Waals surface area contributed by atoms with E-state index in [4.69, 9.17) is 16.3 Å². The van der Waals surface area contributed by atoms with E-state index in [2.05, 4.69) is 15.9 Å². The number of rotatable bonds is 2. The van der Waals surface area contributed by atoms with E-state index in [9.17, 15) is 17.9 Å². The Morgan fingerprint density at radius 2 is 1.96 bits per heavy atom. The topological polar surface area (TPSA) is 63.6 Å².